The van der Waals surface area contributed by atoms with Gasteiger partial charge in [-0.15, -0.1) is 0 Å². The molecule has 0 unspecified atom stereocenters. The molecule has 4 nitrogen and oxygen atoms in total. The number of carbonyl (C=O) groups excluding carboxylic acids is 2. The summed E-state index contributed by atoms with van der Waals surface area (Å²) in [5.41, 5.74) is 0. The van der Waals surface area contributed by atoms with Gasteiger partial charge in [-0.1, -0.05) is 71.6 Å². The standard InChI is InChI=1S/C19H36O4/c1-3-5-7-9-10-11-13-15-19(21)23-17-16-22-18(20)14-12-8-6-4-2/h3-17H2,1-2H3. The lowest BCUT2D eigenvalue weighted by Crippen LogP contribution is -2.13. The molecule has 23 heavy (non-hydrogen) atoms. The Morgan fingerprint density at radius 1 is 0.565 bits per heavy atom. The average Bonchev–Trinajstić information content (AvgIpc) is 2.55. The predicted molar refractivity (Wildman–Crippen MR) is 93.3 cm³/mol. The first-order valence-electron chi connectivity index (χ1n) is 9.52. The molecule has 0 aromatic rings. The highest BCUT2D eigenvalue weighted by Crippen LogP contribution is 2.08. The quantitative estimate of drug-likeness (QED) is 0.289. The number of esters is 2. The fourth-order valence-corrected chi connectivity index (χ4v) is 2.38. The van der Waals surface area contributed by atoms with E-state index < -0.39 is 0 Å². The van der Waals surface area contributed by atoms with Gasteiger partial charge in [0.05, 0.1) is 0 Å². The van der Waals surface area contributed by atoms with E-state index in [0.717, 1.165) is 38.5 Å². The summed E-state index contributed by atoms with van der Waals surface area (Å²) in [6.45, 7) is 4.70. The molecule has 4 heteroatoms. The fourth-order valence-electron chi connectivity index (χ4n) is 2.38. The zero-order valence-electron chi connectivity index (χ0n) is 15.2. The van der Waals surface area contributed by atoms with Crippen molar-refractivity contribution in [3.63, 3.8) is 0 Å². The van der Waals surface area contributed by atoms with Crippen LogP contribution in [0.3, 0.4) is 0 Å². The van der Waals surface area contributed by atoms with E-state index in [1.807, 2.05) is 0 Å². The molecule has 0 saturated heterocycles. The van der Waals surface area contributed by atoms with Crippen LogP contribution in [0.5, 0.6) is 0 Å². The molecule has 0 N–H and O–H groups in total. The predicted octanol–water partition coefficient (Wildman–Crippen LogP) is 5.18. The summed E-state index contributed by atoms with van der Waals surface area (Å²) in [4.78, 5) is 22.9. The summed E-state index contributed by atoms with van der Waals surface area (Å²) in [6, 6.07) is 0. The van der Waals surface area contributed by atoms with Gasteiger partial charge in [-0.05, 0) is 12.8 Å². The van der Waals surface area contributed by atoms with E-state index in [-0.39, 0.29) is 25.2 Å². The minimum absolute atomic E-state index is 0.176. The molecule has 0 aliphatic heterocycles. The van der Waals surface area contributed by atoms with Crippen molar-refractivity contribution < 1.29 is 19.1 Å². The summed E-state index contributed by atoms with van der Waals surface area (Å²) in [6.07, 6.45) is 13.5. The summed E-state index contributed by atoms with van der Waals surface area (Å²) < 4.78 is 10.1. The fraction of sp³-hybridized carbons (Fsp3) is 0.895. The Hall–Kier alpha value is -1.06. The smallest absolute Gasteiger partial charge is 0.305 e. The van der Waals surface area contributed by atoms with Crippen LogP contribution >= 0.6 is 0 Å². The van der Waals surface area contributed by atoms with Crippen LogP contribution in [0.25, 0.3) is 0 Å². The van der Waals surface area contributed by atoms with E-state index in [4.69, 9.17) is 9.47 Å². The van der Waals surface area contributed by atoms with Crippen molar-refractivity contribution in [1.82, 2.24) is 0 Å². The first kappa shape index (κ1) is 21.9. The number of rotatable bonds is 16. The maximum Gasteiger partial charge on any atom is 0.305 e. The van der Waals surface area contributed by atoms with Gasteiger partial charge in [0.15, 0.2) is 0 Å². The highest BCUT2D eigenvalue weighted by Gasteiger charge is 2.05. The SMILES string of the molecule is CCCCCCCCCC(=O)OCCOC(=O)CCCCCC. The van der Waals surface area contributed by atoms with Crippen LogP contribution in [-0.4, -0.2) is 25.2 Å². The lowest BCUT2D eigenvalue weighted by Gasteiger charge is -2.06. The molecule has 0 amide bonds. The minimum Gasteiger partial charge on any atom is -0.462 e. The molecule has 0 radical (unpaired) electrons. The number of hydrogen-bond donors (Lipinski definition) is 0. The van der Waals surface area contributed by atoms with Gasteiger partial charge in [-0.3, -0.25) is 9.59 Å². The van der Waals surface area contributed by atoms with E-state index in [0.29, 0.717) is 12.8 Å². The number of ether oxygens (including phenoxy) is 2. The van der Waals surface area contributed by atoms with Crippen LogP contribution in [0.2, 0.25) is 0 Å². The van der Waals surface area contributed by atoms with Crippen molar-refractivity contribution in [3.05, 3.63) is 0 Å². The highest BCUT2D eigenvalue weighted by molar-refractivity contribution is 5.70. The maximum atomic E-state index is 11.5. The second-order valence-corrected chi connectivity index (χ2v) is 6.12. The Kier molecular flexibility index (Phi) is 16.5. The zero-order valence-corrected chi connectivity index (χ0v) is 15.2. The Morgan fingerprint density at radius 3 is 1.35 bits per heavy atom. The molecular weight excluding hydrogens is 292 g/mol. The third kappa shape index (κ3) is 17.1. The zero-order chi connectivity index (χ0) is 17.2. The van der Waals surface area contributed by atoms with Gasteiger partial charge in [0.25, 0.3) is 0 Å². The first-order chi connectivity index (χ1) is 11.2. The highest BCUT2D eigenvalue weighted by atomic mass is 16.6. The molecule has 0 rings (SSSR count). The topological polar surface area (TPSA) is 52.6 Å². The van der Waals surface area contributed by atoms with Crippen LogP contribution in [0, 0.1) is 0 Å². The molecule has 0 atom stereocenters. The van der Waals surface area contributed by atoms with Crippen LogP contribution in [0.15, 0.2) is 0 Å². The van der Waals surface area contributed by atoms with E-state index in [1.165, 1.54) is 32.1 Å². The van der Waals surface area contributed by atoms with Crippen molar-refractivity contribution in [3.8, 4) is 0 Å². The van der Waals surface area contributed by atoms with Gasteiger partial charge < -0.3 is 9.47 Å². The Morgan fingerprint density at radius 2 is 0.913 bits per heavy atom. The van der Waals surface area contributed by atoms with Gasteiger partial charge >= 0.3 is 11.9 Å². The maximum absolute atomic E-state index is 11.5. The second kappa shape index (κ2) is 17.3. The van der Waals surface area contributed by atoms with E-state index in [1.54, 1.807) is 0 Å². The first-order valence-corrected chi connectivity index (χ1v) is 9.52. The molecule has 0 spiro atoms. The van der Waals surface area contributed by atoms with Crippen molar-refractivity contribution in [2.24, 2.45) is 0 Å². The van der Waals surface area contributed by atoms with Gasteiger partial charge in [-0.2, -0.15) is 0 Å². The number of carbonyl (C=O) groups is 2. The van der Waals surface area contributed by atoms with E-state index >= 15 is 0 Å². The molecule has 0 fully saturated rings. The molecule has 0 saturated carbocycles. The lowest BCUT2D eigenvalue weighted by atomic mass is 10.1. The van der Waals surface area contributed by atoms with Crippen LogP contribution in [0.1, 0.15) is 97.3 Å². The van der Waals surface area contributed by atoms with Crippen LogP contribution < -0.4 is 0 Å². The minimum atomic E-state index is -0.191. The van der Waals surface area contributed by atoms with Crippen LogP contribution in [-0.2, 0) is 19.1 Å². The molecule has 0 bridgehead atoms. The number of hydrogen-bond acceptors (Lipinski definition) is 4. The van der Waals surface area contributed by atoms with E-state index in [9.17, 15) is 9.59 Å². The molecule has 0 aliphatic carbocycles. The van der Waals surface area contributed by atoms with Gasteiger partial charge in [0.2, 0.25) is 0 Å². The molecule has 136 valence electrons. The monoisotopic (exact) mass is 328 g/mol. The summed E-state index contributed by atoms with van der Waals surface area (Å²) in [7, 11) is 0. The average molecular weight is 328 g/mol. The lowest BCUT2D eigenvalue weighted by molar-refractivity contribution is -0.152. The van der Waals surface area contributed by atoms with E-state index in [2.05, 4.69) is 13.8 Å². The normalized spacial score (nSPS) is 10.5. The third-order valence-electron chi connectivity index (χ3n) is 3.83. The largest absolute Gasteiger partial charge is 0.462 e. The molecule has 0 aliphatic rings. The molecule has 0 aromatic heterocycles. The van der Waals surface area contributed by atoms with Crippen LogP contribution in [0.4, 0.5) is 0 Å². The number of unbranched alkanes of at least 4 members (excludes halogenated alkanes) is 9. The van der Waals surface area contributed by atoms with Gasteiger partial charge in [0.1, 0.15) is 13.2 Å². The van der Waals surface area contributed by atoms with Gasteiger partial charge in [-0.25, -0.2) is 0 Å². The third-order valence-corrected chi connectivity index (χ3v) is 3.83. The van der Waals surface area contributed by atoms with Crippen molar-refractivity contribution in [1.29, 1.82) is 0 Å². The summed E-state index contributed by atoms with van der Waals surface area (Å²) >= 11 is 0. The Bertz CT molecular complexity index is 289. The second-order valence-electron chi connectivity index (χ2n) is 6.12. The van der Waals surface area contributed by atoms with Crippen molar-refractivity contribution in [2.75, 3.05) is 13.2 Å². The Labute approximate surface area is 142 Å². The summed E-state index contributed by atoms with van der Waals surface area (Å²) in [5, 5.41) is 0. The van der Waals surface area contributed by atoms with Crippen molar-refractivity contribution >= 4 is 11.9 Å². The Balaban J connectivity index is 3.31. The van der Waals surface area contributed by atoms with Crippen molar-refractivity contribution in [2.45, 2.75) is 97.3 Å². The molecule has 0 heterocycles. The molecular formula is C19H36O4. The molecule has 0 aromatic carbocycles. The summed E-state index contributed by atoms with van der Waals surface area (Å²) in [5.74, 6) is -0.373. The van der Waals surface area contributed by atoms with Gasteiger partial charge in [0, 0.05) is 12.8 Å².